The number of hydrogen-bond acceptors (Lipinski definition) is 11. The number of ether oxygens (including phenoxy) is 3. The van der Waals surface area contributed by atoms with Crippen molar-refractivity contribution in [3.63, 3.8) is 0 Å². The summed E-state index contributed by atoms with van der Waals surface area (Å²) in [7, 11) is 0. The normalized spacial score (nSPS) is 12.9. The maximum atomic E-state index is 13.5. The maximum absolute atomic E-state index is 13.5. The van der Waals surface area contributed by atoms with Gasteiger partial charge in [-0.2, -0.15) is 26.3 Å². The summed E-state index contributed by atoms with van der Waals surface area (Å²) in [6.45, 7) is 19.7. The second-order valence-electron chi connectivity index (χ2n) is 17.6. The fourth-order valence-corrected chi connectivity index (χ4v) is 11.4. The minimum atomic E-state index is -4.42. The van der Waals surface area contributed by atoms with E-state index in [0.29, 0.717) is 32.6 Å². The predicted octanol–water partition coefficient (Wildman–Crippen LogP) is 15.0. The Balaban J connectivity index is 1.05. The Morgan fingerprint density at radius 3 is 1.41 bits per heavy atom. The number of rotatable bonds is 14. The fourth-order valence-electron chi connectivity index (χ4n) is 6.62. The van der Waals surface area contributed by atoms with Gasteiger partial charge in [-0.25, -0.2) is 19.6 Å². The lowest BCUT2D eigenvalue weighted by Crippen LogP contribution is -2.46. The van der Waals surface area contributed by atoms with Crippen molar-refractivity contribution in [3.05, 3.63) is 129 Å². The highest BCUT2D eigenvalue weighted by Crippen LogP contribution is 2.48. The lowest BCUT2D eigenvalue weighted by Gasteiger charge is -2.29. The zero-order valence-electron chi connectivity index (χ0n) is 38.0. The zero-order valence-corrected chi connectivity index (χ0v) is 41.3. The molecule has 0 saturated carbocycles. The summed E-state index contributed by atoms with van der Waals surface area (Å²) in [6, 6.07) is 20.9. The summed E-state index contributed by atoms with van der Waals surface area (Å²) in [5.41, 5.74) is -1.14. The molecule has 4 aromatic carbocycles. The number of thioether (sulfide) groups is 2. The molecule has 6 aromatic rings. The maximum Gasteiger partial charge on any atom is 0.416 e. The molecule has 0 atom stereocenters. The largest absolute Gasteiger partial charge is 0.476 e. The molecule has 0 aliphatic heterocycles. The summed E-state index contributed by atoms with van der Waals surface area (Å²) in [5.74, 6) is -1.01. The number of aryl methyl sites for hydroxylation is 3. The highest BCUT2D eigenvalue weighted by atomic mass is 32.2. The molecule has 350 valence electrons. The van der Waals surface area contributed by atoms with Crippen molar-refractivity contribution in [2.75, 3.05) is 0 Å². The van der Waals surface area contributed by atoms with Crippen molar-refractivity contribution >= 4 is 58.1 Å². The van der Waals surface area contributed by atoms with Crippen molar-refractivity contribution in [2.45, 2.75) is 119 Å². The Morgan fingerprint density at radius 1 is 0.561 bits per heavy atom. The smallest absolute Gasteiger partial charge is 0.416 e. The monoisotopic (exact) mass is 986 g/mol. The second-order valence-corrected chi connectivity index (χ2v) is 23.0. The van der Waals surface area contributed by atoms with Crippen molar-refractivity contribution in [2.24, 2.45) is 0 Å². The number of aromatic nitrogens is 2. The van der Waals surface area contributed by atoms with Crippen LogP contribution in [0.5, 0.6) is 11.5 Å². The van der Waals surface area contributed by atoms with Crippen LogP contribution < -0.4 is 9.47 Å². The van der Waals surface area contributed by atoms with Crippen molar-refractivity contribution in [1.29, 1.82) is 0 Å². The molecule has 7 nitrogen and oxygen atoms in total. The summed E-state index contributed by atoms with van der Waals surface area (Å²) in [4.78, 5) is 39.8. The highest BCUT2D eigenvalue weighted by molar-refractivity contribution is 8.00. The standard InChI is InChI=1S/C49H48F6N2O5S4/c1-27-24-34(65-46(8,9)38-26-56-40(63-38)30-12-16-32(17-13-30)48(50,51)52)20-22-36(27)61-44(4,5)42(58)60-43(59)45(6,7)62-37-23-21-35(25-28(37)2)66-47(10,11)39-29(3)57-41(64-39)31-14-18-33(19-15-31)49(53,54)55/h12-26H,1-11H3. The van der Waals surface area contributed by atoms with E-state index in [1.807, 2.05) is 72.7 Å². The van der Waals surface area contributed by atoms with Gasteiger partial charge in [0.15, 0.2) is 0 Å². The van der Waals surface area contributed by atoms with Crippen LogP contribution in [0.2, 0.25) is 0 Å². The molecule has 0 N–H and O–H groups in total. The topological polar surface area (TPSA) is 87.6 Å². The van der Waals surface area contributed by atoms with Gasteiger partial charge >= 0.3 is 24.3 Å². The van der Waals surface area contributed by atoms with Crippen LogP contribution in [0.4, 0.5) is 26.3 Å². The third-order valence-corrected chi connectivity index (χ3v) is 15.9. The number of carbonyl (C=O) groups excluding carboxylic acids is 2. The number of thiazole rings is 2. The third-order valence-electron chi connectivity index (χ3n) is 10.3. The van der Waals surface area contributed by atoms with Crippen LogP contribution in [-0.2, 0) is 36.2 Å². The summed E-state index contributed by atoms with van der Waals surface area (Å²) in [5, 5.41) is 1.24. The lowest BCUT2D eigenvalue weighted by atomic mass is 10.1. The summed E-state index contributed by atoms with van der Waals surface area (Å²) >= 11 is 5.98. The average molecular weight is 987 g/mol. The molecule has 0 spiro atoms. The van der Waals surface area contributed by atoms with Gasteiger partial charge < -0.3 is 14.2 Å². The van der Waals surface area contributed by atoms with Crippen LogP contribution in [-0.4, -0.2) is 33.1 Å². The molecular formula is C49H48F6N2O5S4. The number of alkyl halides is 6. The van der Waals surface area contributed by atoms with E-state index in [4.69, 9.17) is 14.2 Å². The van der Waals surface area contributed by atoms with Gasteiger partial charge in [0.25, 0.3) is 0 Å². The molecule has 0 unspecified atom stereocenters. The van der Waals surface area contributed by atoms with Crippen LogP contribution in [0.3, 0.4) is 0 Å². The number of nitrogens with zero attached hydrogens (tertiary/aromatic N) is 2. The van der Waals surface area contributed by atoms with E-state index in [2.05, 4.69) is 9.97 Å². The first-order valence-electron chi connectivity index (χ1n) is 20.5. The zero-order chi connectivity index (χ0) is 48.8. The van der Waals surface area contributed by atoms with E-state index >= 15 is 0 Å². The van der Waals surface area contributed by atoms with Gasteiger partial charge in [-0.1, -0.05) is 24.3 Å². The van der Waals surface area contributed by atoms with Gasteiger partial charge in [0, 0.05) is 36.9 Å². The Bertz CT molecular complexity index is 2740. The number of esters is 2. The van der Waals surface area contributed by atoms with E-state index in [1.165, 1.54) is 74.6 Å². The molecule has 6 rings (SSSR count). The minimum Gasteiger partial charge on any atom is -0.476 e. The molecule has 66 heavy (non-hydrogen) atoms. The molecule has 0 fully saturated rings. The van der Waals surface area contributed by atoms with E-state index in [9.17, 15) is 35.9 Å². The van der Waals surface area contributed by atoms with Gasteiger partial charge in [0.2, 0.25) is 11.2 Å². The number of benzene rings is 4. The van der Waals surface area contributed by atoms with Gasteiger partial charge in [-0.3, -0.25) is 0 Å². The number of hydrogen-bond donors (Lipinski definition) is 0. The number of halogens is 6. The Labute approximate surface area is 396 Å². The van der Waals surface area contributed by atoms with Gasteiger partial charge in [0.1, 0.15) is 21.5 Å². The Kier molecular flexibility index (Phi) is 14.3. The second kappa shape index (κ2) is 18.7. The lowest BCUT2D eigenvalue weighted by molar-refractivity contribution is -0.178. The first-order chi connectivity index (χ1) is 30.4. The molecule has 0 amide bonds. The molecule has 0 aliphatic carbocycles. The van der Waals surface area contributed by atoms with Crippen LogP contribution >= 0.6 is 46.2 Å². The quantitative estimate of drug-likeness (QED) is 0.0458. The minimum absolute atomic E-state index is 0.409. The highest BCUT2D eigenvalue weighted by Gasteiger charge is 2.41. The molecule has 0 aliphatic rings. The van der Waals surface area contributed by atoms with Gasteiger partial charge in [0.05, 0.1) is 26.3 Å². The molecule has 17 heteroatoms. The van der Waals surface area contributed by atoms with E-state index in [1.54, 1.807) is 41.9 Å². The van der Waals surface area contributed by atoms with E-state index in [0.717, 1.165) is 60.6 Å². The molecule has 0 bridgehead atoms. The third kappa shape index (κ3) is 11.8. The average Bonchev–Trinajstić information content (AvgIpc) is 3.88. The molecule has 2 aromatic heterocycles. The SMILES string of the molecule is Cc1cc(SC(C)(C)c2cnc(-c3ccc(C(F)(F)F)cc3)s2)ccc1OC(C)(C)C(=O)OC(=O)C(C)(C)Oc1ccc(SC(C)(C)c2sc(-c3ccc(C(F)(F)F)cc3)nc2C)cc1C. The van der Waals surface area contributed by atoms with Crippen LogP contribution in [0.15, 0.2) is 101 Å². The molecule has 0 radical (unpaired) electrons. The first kappa shape index (κ1) is 50.6. The van der Waals surface area contributed by atoms with Crippen molar-refractivity contribution in [3.8, 4) is 32.6 Å². The van der Waals surface area contributed by atoms with Crippen LogP contribution in [0.1, 0.15) is 93.1 Å². The number of carbonyl (C=O) groups is 2. The van der Waals surface area contributed by atoms with E-state index in [-0.39, 0.29) is 0 Å². The van der Waals surface area contributed by atoms with Gasteiger partial charge in [-0.15, -0.1) is 46.2 Å². The summed E-state index contributed by atoms with van der Waals surface area (Å²) < 4.78 is 95.3. The molecular weight excluding hydrogens is 939 g/mol. The van der Waals surface area contributed by atoms with Crippen molar-refractivity contribution in [1.82, 2.24) is 9.97 Å². The Morgan fingerprint density at radius 2 is 0.985 bits per heavy atom. The summed E-state index contributed by atoms with van der Waals surface area (Å²) in [6.07, 6.45) is -7.11. The van der Waals surface area contributed by atoms with Crippen LogP contribution in [0.25, 0.3) is 21.1 Å². The van der Waals surface area contributed by atoms with Crippen LogP contribution in [0, 0.1) is 20.8 Å². The molecule has 2 heterocycles. The van der Waals surface area contributed by atoms with Gasteiger partial charge in [-0.05, 0) is 148 Å². The molecule has 0 saturated heterocycles. The Hall–Kier alpha value is -4.84. The fraction of sp³-hybridized carbons (Fsp3) is 0.347. The van der Waals surface area contributed by atoms with Crippen molar-refractivity contribution < 1.29 is 50.1 Å². The predicted molar refractivity (Wildman–Crippen MR) is 250 cm³/mol. The first-order valence-corrected chi connectivity index (χ1v) is 23.8. The van der Waals surface area contributed by atoms with E-state index < -0.39 is 56.1 Å².